The van der Waals surface area contributed by atoms with Crippen molar-refractivity contribution in [3.8, 4) is 0 Å². The van der Waals surface area contributed by atoms with Crippen LogP contribution in [0.2, 0.25) is 0 Å². The molecule has 2 aliphatic heterocycles. The van der Waals surface area contributed by atoms with Crippen molar-refractivity contribution < 1.29 is 4.79 Å². The van der Waals surface area contributed by atoms with Crippen LogP contribution in [-0.4, -0.2) is 59.8 Å². The number of nitrogens with zero attached hydrogens (tertiary/aromatic N) is 5. The van der Waals surface area contributed by atoms with Crippen molar-refractivity contribution in [3.05, 3.63) is 12.1 Å². The number of hydrogen-bond donors (Lipinski definition) is 0. The van der Waals surface area contributed by atoms with Gasteiger partial charge in [0.05, 0.1) is 0 Å². The maximum atomic E-state index is 12.7. The van der Waals surface area contributed by atoms with Gasteiger partial charge in [0.1, 0.15) is 0 Å². The number of rotatable bonds is 4. The number of carbonyl (C=O) groups excluding carboxylic acids is 1. The predicted octanol–water partition coefficient (Wildman–Crippen LogP) is 3.47. The quantitative estimate of drug-likeness (QED) is 0.794. The normalized spacial score (nSPS) is 24.5. The summed E-state index contributed by atoms with van der Waals surface area (Å²) in [7, 11) is 0. The highest BCUT2D eigenvalue weighted by molar-refractivity contribution is 5.79. The van der Waals surface area contributed by atoms with E-state index in [0.717, 1.165) is 57.2 Å². The van der Waals surface area contributed by atoms with Crippen LogP contribution in [0.3, 0.4) is 0 Å². The Balaban J connectivity index is 1.32. The van der Waals surface area contributed by atoms with Crippen LogP contribution in [0.25, 0.3) is 0 Å². The Hall–Kier alpha value is -1.85. The summed E-state index contributed by atoms with van der Waals surface area (Å²) >= 11 is 0. The zero-order valence-corrected chi connectivity index (χ0v) is 17.4. The highest BCUT2D eigenvalue weighted by Crippen LogP contribution is 2.27. The van der Waals surface area contributed by atoms with Crippen LogP contribution in [0.1, 0.15) is 64.7 Å². The van der Waals surface area contributed by atoms with E-state index in [1.54, 1.807) is 0 Å². The molecule has 3 fully saturated rings. The molecule has 1 amide bonds. The van der Waals surface area contributed by atoms with Crippen LogP contribution < -0.4 is 9.80 Å². The zero-order valence-electron chi connectivity index (χ0n) is 17.4. The minimum atomic E-state index is 0.274. The summed E-state index contributed by atoms with van der Waals surface area (Å²) in [6.07, 6.45) is 10.9. The van der Waals surface area contributed by atoms with Crippen LogP contribution in [0.5, 0.6) is 0 Å². The molecule has 2 saturated heterocycles. The van der Waals surface area contributed by atoms with Crippen LogP contribution in [-0.2, 0) is 4.79 Å². The Bertz CT molecular complexity index is 635. The highest BCUT2D eigenvalue weighted by Gasteiger charge is 2.29. The third-order valence-electron chi connectivity index (χ3n) is 6.90. The number of piperazine rings is 1. The van der Waals surface area contributed by atoms with Crippen LogP contribution >= 0.6 is 0 Å². The van der Waals surface area contributed by atoms with Gasteiger partial charge in [-0.2, -0.15) is 0 Å². The minimum absolute atomic E-state index is 0.274. The fourth-order valence-corrected chi connectivity index (χ4v) is 5.13. The maximum Gasteiger partial charge on any atom is 0.225 e. The smallest absolute Gasteiger partial charge is 0.225 e. The molecule has 3 aliphatic rings. The molecular weight excluding hydrogens is 350 g/mol. The molecule has 1 aliphatic carbocycles. The zero-order chi connectivity index (χ0) is 19.3. The summed E-state index contributed by atoms with van der Waals surface area (Å²) in [6.45, 7) is 6.68. The van der Waals surface area contributed by atoms with Crippen LogP contribution in [0.15, 0.2) is 12.1 Å². The molecule has 4 rings (SSSR count). The lowest BCUT2D eigenvalue weighted by Gasteiger charge is -2.38. The topological polar surface area (TPSA) is 52.6 Å². The van der Waals surface area contributed by atoms with E-state index in [-0.39, 0.29) is 5.92 Å². The SMILES string of the molecule is CCC1CCCCN1c1ccc(N2CCN(C(=O)C3CCCCC3)CC2)nn1. The average molecular weight is 386 g/mol. The summed E-state index contributed by atoms with van der Waals surface area (Å²) in [5.41, 5.74) is 0. The molecule has 28 heavy (non-hydrogen) atoms. The predicted molar refractivity (Wildman–Crippen MR) is 113 cm³/mol. The van der Waals surface area contributed by atoms with Gasteiger partial charge in [-0.05, 0) is 50.7 Å². The van der Waals surface area contributed by atoms with Gasteiger partial charge in [0, 0.05) is 44.7 Å². The number of hydrogen-bond acceptors (Lipinski definition) is 5. The second-order valence-corrected chi connectivity index (χ2v) is 8.65. The molecular formula is C22H35N5O. The standard InChI is InChI=1S/C22H35N5O/c1-2-19-10-6-7-13-27(19)21-12-11-20(23-24-21)25-14-16-26(17-15-25)22(28)18-8-4-3-5-9-18/h11-12,18-19H,2-10,13-17H2,1H3. The summed E-state index contributed by atoms with van der Waals surface area (Å²) in [5.74, 6) is 2.62. The van der Waals surface area contributed by atoms with Gasteiger partial charge >= 0.3 is 0 Å². The Morgan fingerprint density at radius 2 is 1.57 bits per heavy atom. The lowest BCUT2D eigenvalue weighted by Crippen LogP contribution is -2.50. The summed E-state index contributed by atoms with van der Waals surface area (Å²) < 4.78 is 0. The first kappa shape index (κ1) is 19.5. The van der Waals surface area contributed by atoms with E-state index in [2.05, 4.69) is 44.0 Å². The van der Waals surface area contributed by atoms with E-state index in [1.165, 1.54) is 44.9 Å². The molecule has 6 heteroatoms. The van der Waals surface area contributed by atoms with Crippen molar-refractivity contribution in [3.63, 3.8) is 0 Å². The molecule has 1 saturated carbocycles. The number of piperidine rings is 1. The van der Waals surface area contributed by atoms with E-state index in [0.29, 0.717) is 11.9 Å². The molecule has 0 aromatic carbocycles. The van der Waals surface area contributed by atoms with Gasteiger partial charge in [0.25, 0.3) is 0 Å². The Morgan fingerprint density at radius 1 is 0.893 bits per heavy atom. The van der Waals surface area contributed by atoms with E-state index in [9.17, 15) is 4.79 Å². The fourth-order valence-electron chi connectivity index (χ4n) is 5.13. The van der Waals surface area contributed by atoms with Crippen LogP contribution in [0, 0.1) is 5.92 Å². The average Bonchev–Trinajstić information content (AvgIpc) is 2.79. The molecule has 3 heterocycles. The fraction of sp³-hybridized carbons (Fsp3) is 0.773. The van der Waals surface area contributed by atoms with E-state index >= 15 is 0 Å². The van der Waals surface area contributed by atoms with Crippen molar-refractivity contribution in [1.82, 2.24) is 15.1 Å². The molecule has 0 radical (unpaired) electrons. The van der Waals surface area contributed by atoms with Crippen molar-refractivity contribution in [2.45, 2.75) is 70.8 Å². The summed E-state index contributed by atoms with van der Waals surface area (Å²) in [4.78, 5) is 19.5. The largest absolute Gasteiger partial charge is 0.352 e. The Labute approximate surface area is 169 Å². The van der Waals surface area contributed by atoms with Gasteiger partial charge in [0.15, 0.2) is 11.6 Å². The van der Waals surface area contributed by atoms with Gasteiger partial charge in [0.2, 0.25) is 5.91 Å². The Morgan fingerprint density at radius 3 is 2.25 bits per heavy atom. The minimum Gasteiger partial charge on any atom is -0.352 e. The molecule has 154 valence electrons. The lowest BCUT2D eigenvalue weighted by atomic mass is 9.88. The van der Waals surface area contributed by atoms with Gasteiger partial charge in [-0.15, -0.1) is 10.2 Å². The van der Waals surface area contributed by atoms with Gasteiger partial charge in [-0.1, -0.05) is 26.2 Å². The monoisotopic (exact) mass is 385 g/mol. The van der Waals surface area contributed by atoms with Crippen molar-refractivity contribution in [2.75, 3.05) is 42.5 Å². The molecule has 0 spiro atoms. The second kappa shape index (κ2) is 9.10. The van der Waals surface area contributed by atoms with Gasteiger partial charge < -0.3 is 14.7 Å². The first-order valence-electron chi connectivity index (χ1n) is 11.4. The van der Waals surface area contributed by atoms with Crippen molar-refractivity contribution in [1.29, 1.82) is 0 Å². The molecule has 1 aromatic rings. The molecule has 1 unspecified atom stereocenters. The third-order valence-corrected chi connectivity index (χ3v) is 6.90. The Kier molecular flexibility index (Phi) is 6.33. The lowest BCUT2D eigenvalue weighted by molar-refractivity contribution is -0.136. The molecule has 1 aromatic heterocycles. The van der Waals surface area contributed by atoms with E-state index in [4.69, 9.17) is 0 Å². The molecule has 1 atom stereocenters. The number of carbonyl (C=O) groups is 1. The van der Waals surface area contributed by atoms with Crippen molar-refractivity contribution in [2.24, 2.45) is 5.92 Å². The maximum absolute atomic E-state index is 12.7. The number of aromatic nitrogens is 2. The molecule has 6 nitrogen and oxygen atoms in total. The van der Waals surface area contributed by atoms with Crippen molar-refractivity contribution >= 4 is 17.5 Å². The number of amides is 1. The van der Waals surface area contributed by atoms with E-state index in [1.807, 2.05) is 0 Å². The molecule has 0 bridgehead atoms. The first-order valence-corrected chi connectivity index (χ1v) is 11.4. The summed E-state index contributed by atoms with van der Waals surface area (Å²) in [6, 6.07) is 4.85. The van der Waals surface area contributed by atoms with E-state index < -0.39 is 0 Å². The first-order chi connectivity index (χ1) is 13.8. The highest BCUT2D eigenvalue weighted by atomic mass is 16.2. The third kappa shape index (κ3) is 4.26. The van der Waals surface area contributed by atoms with Gasteiger partial charge in [-0.3, -0.25) is 4.79 Å². The summed E-state index contributed by atoms with van der Waals surface area (Å²) in [5, 5.41) is 9.09. The molecule has 0 N–H and O–H groups in total. The van der Waals surface area contributed by atoms with Gasteiger partial charge in [-0.25, -0.2) is 0 Å². The second-order valence-electron chi connectivity index (χ2n) is 8.65. The number of anilines is 2. The van der Waals surface area contributed by atoms with Crippen LogP contribution in [0.4, 0.5) is 11.6 Å².